The predicted octanol–water partition coefficient (Wildman–Crippen LogP) is 2.29. The molecule has 0 aromatic heterocycles. The van der Waals surface area contributed by atoms with Crippen LogP contribution in [0.1, 0.15) is 18.4 Å². The Labute approximate surface area is 96.1 Å². The number of benzene rings is 1. The van der Waals surface area contributed by atoms with E-state index in [4.69, 9.17) is 9.47 Å². The minimum Gasteiger partial charge on any atom is -0.497 e. The molecule has 1 aliphatic heterocycles. The van der Waals surface area contributed by atoms with Gasteiger partial charge in [0.15, 0.2) is 0 Å². The number of hydrogen-bond donors (Lipinski definition) is 0. The van der Waals surface area contributed by atoms with Crippen LogP contribution in [0, 0.1) is 0 Å². The van der Waals surface area contributed by atoms with Gasteiger partial charge in [0.2, 0.25) is 0 Å². The second-order valence-electron chi connectivity index (χ2n) is 3.92. The molecule has 1 aromatic rings. The van der Waals surface area contributed by atoms with Crippen LogP contribution in [-0.2, 0) is 4.74 Å². The Morgan fingerprint density at radius 2 is 2.19 bits per heavy atom. The highest BCUT2D eigenvalue weighted by Crippen LogP contribution is 2.12. The van der Waals surface area contributed by atoms with E-state index in [9.17, 15) is 0 Å². The third kappa shape index (κ3) is 3.07. The minimum absolute atomic E-state index is 0.329. The van der Waals surface area contributed by atoms with Crippen molar-refractivity contribution in [1.82, 2.24) is 0 Å². The Balaban J connectivity index is 1.94. The maximum atomic E-state index is 5.37. The third-order valence-corrected chi connectivity index (χ3v) is 2.69. The van der Waals surface area contributed by atoms with Crippen LogP contribution in [0.4, 0.5) is 0 Å². The summed E-state index contributed by atoms with van der Waals surface area (Å²) in [6, 6.07) is 8.23. The van der Waals surface area contributed by atoms with E-state index in [2.05, 4.69) is 4.99 Å². The molecule has 2 rings (SSSR count). The van der Waals surface area contributed by atoms with Crippen LogP contribution in [0.25, 0.3) is 0 Å². The molecule has 0 aliphatic carbocycles. The van der Waals surface area contributed by atoms with Gasteiger partial charge in [-0.15, -0.1) is 0 Å². The second-order valence-corrected chi connectivity index (χ2v) is 3.92. The molecule has 0 spiro atoms. The molecule has 0 N–H and O–H groups in total. The summed E-state index contributed by atoms with van der Waals surface area (Å²) in [4.78, 5) is 4.52. The number of aliphatic imine (C=N–C) groups is 1. The maximum absolute atomic E-state index is 5.37. The first-order valence-electron chi connectivity index (χ1n) is 5.63. The summed E-state index contributed by atoms with van der Waals surface area (Å²) in [6.07, 6.45) is 4.16. The highest BCUT2D eigenvalue weighted by atomic mass is 16.5. The van der Waals surface area contributed by atoms with Gasteiger partial charge in [0, 0.05) is 12.8 Å². The van der Waals surface area contributed by atoms with Gasteiger partial charge >= 0.3 is 0 Å². The molecular weight excluding hydrogens is 202 g/mol. The number of ether oxygens (including phenoxy) is 2. The van der Waals surface area contributed by atoms with Gasteiger partial charge in [0.05, 0.1) is 19.8 Å². The Kier molecular flexibility index (Phi) is 3.94. The zero-order valence-electron chi connectivity index (χ0n) is 9.56. The molecule has 3 nitrogen and oxygen atoms in total. The van der Waals surface area contributed by atoms with E-state index in [1.807, 2.05) is 30.5 Å². The van der Waals surface area contributed by atoms with E-state index in [0.717, 1.165) is 37.4 Å². The molecule has 1 saturated heterocycles. The lowest BCUT2D eigenvalue weighted by Gasteiger charge is -2.17. The van der Waals surface area contributed by atoms with E-state index in [1.54, 1.807) is 7.11 Å². The summed E-state index contributed by atoms with van der Waals surface area (Å²) >= 11 is 0. The van der Waals surface area contributed by atoms with Gasteiger partial charge in [0.25, 0.3) is 0 Å². The first-order chi connectivity index (χ1) is 7.88. The van der Waals surface area contributed by atoms with Crippen LogP contribution >= 0.6 is 0 Å². The summed E-state index contributed by atoms with van der Waals surface area (Å²) in [6.45, 7) is 1.64. The normalized spacial score (nSPS) is 21.2. The van der Waals surface area contributed by atoms with Crippen LogP contribution in [0.5, 0.6) is 5.75 Å². The Bertz CT molecular complexity index is 339. The zero-order valence-corrected chi connectivity index (χ0v) is 9.56. The monoisotopic (exact) mass is 219 g/mol. The third-order valence-electron chi connectivity index (χ3n) is 2.69. The van der Waals surface area contributed by atoms with Crippen molar-refractivity contribution >= 4 is 6.21 Å². The fourth-order valence-corrected chi connectivity index (χ4v) is 1.72. The molecule has 0 radical (unpaired) electrons. The average Bonchev–Trinajstić information content (AvgIpc) is 2.38. The van der Waals surface area contributed by atoms with Crippen LogP contribution in [0.3, 0.4) is 0 Å². The first-order valence-corrected chi connectivity index (χ1v) is 5.63. The van der Waals surface area contributed by atoms with Crippen molar-refractivity contribution in [3.05, 3.63) is 29.8 Å². The van der Waals surface area contributed by atoms with Gasteiger partial charge in [-0.3, -0.25) is 4.99 Å². The molecule has 16 heavy (non-hydrogen) atoms. The number of nitrogens with zero attached hydrogens (tertiary/aromatic N) is 1. The van der Waals surface area contributed by atoms with Gasteiger partial charge < -0.3 is 9.47 Å². The van der Waals surface area contributed by atoms with E-state index >= 15 is 0 Å². The Morgan fingerprint density at radius 1 is 1.38 bits per heavy atom. The molecule has 0 saturated carbocycles. The SMILES string of the molecule is COc1ccc(C=NC2CCCOC2)cc1. The Hall–Kier alpha value is -1.35. The molecule has 3 heteroatoms. The summed E-state index contributed by atoms with van der Waals surface area (Å²) in [5, 5.41) is 0. The summed E-state index contributed by atoms with van der Waals surface area (Å²) < 4.78 is 10.5. The van der Waals surface area contributed by atoms with Gasteiger partial charge in [0.1, 0.15) is 5.75 Å². The van der Waals surface area contributed by atoms with Gasteiger partial charge in [-0.25, -0.2) is 0 Å². The molecular formula is C13H17NO2. The molecule has 1 fully saturated rings. The topological polar surface area (TPSA) is 30.8 Å². The molecule has 1 heterocycles. The van der Waals surface area contributed by atoms with Crippen molar-refractivity contribution in [2.24, 2.45) is 4.99 Å². The lowest BCUT2D eigenvalue weighted by Crippen LogP contribution is -2.20. The highest BCUT2D eigenvalue weighted by Gasteiger charge is 2.10. The summed E-state index contributed by atoms with van der Waals surface area (Å²) in [7, 11) is 1.67. The zero-order chi connectivity index (χ0) is 11.2. The predicted molar refractivity (Wildman–Crippen MR) is 64.4 cm³/mol. The molecule has 0 amide bonds. The quantitative estimate of drug-likeness (QED) is 0.730. The molecule has 0 bridgehead atoms. The second kappa shape index (κ2) is 5.66. The summed E-state index contributed by atoms with van der Waals surface area (Å²) in [5.41, 5.74) is 1.10. The van der Waals surface area contributed by atoms with Gasteiger partial charge in [-0.05, 0) is 42.7 Å². The number of methoxy groups -OCH3 is 1. The molecule has 1 atom stereocenters. The van der Waals surface area contributed by atoms with Crippen LogP contribution in [0.15, 0.2) is 29.3 Å². The van der Waals surface area contributed by atoms with E-state index < -0.39 is 0 Å². The fourth-order valence-electron chi connectivity index (χ4n) is 1.72. The fraction of sp³-hybridized carbons (Fsp3) is 0.462. The van der Waals surface area contributed by atoms with E-state index in [-0.39, 0.29) is 0 Å². The van der Waals surface area contributed by atoms with Gasteiger partial charge in [-0.1, -0.05) is 0 Å². The largest absolute Gasteiger partial charge is 0.497 e. The lowest BCUT2D eigenvalue weighted by molar-refractivity contribution is 0.0830. The maximum Gasteiger partial charge on any atom is 0.118 e. The molecule has 86 valence electrons. The van der Waals surface area contributed by atoms with E-state index in [1.165, 1.54) is 0 Å². The average molecular weight is 219 g/mol. The standard InChI is InChI=1S/C13H17NO2/c1-15-13-6-4-11(5-7-13)9-14-12-3-2-8-16-10-12/h4-7,9,12H,2-3,8,10H2,1H3. The molecule has 1 unspecified atom stereocenters. The van der Waals surface area contributed by atoms with Crippen molar-refractivity contribution in [1.29, 1.82) is 0 Å². The Morgan fingerprint density at radius 3 is 2.81 bits per heavy atom. The number of rotatable bonds is 3. The van der Waals surface area contributed by atoms with E-state index in [0.29, 0.717) is 6.04 Å². The van der Waals surface area contributed by atoms with Crippen molar-refractivity contribution in [3.63, 3.8) is 0 Å². The van der Waals surface area contributed by atoms with Crippen molar-refractivity contribution in [2.45, 2.75) is 18.9 Å². The van der Waals surface area contributed by atoms with Crippen LogP contribution in [0.2, 0.25) is 0 Å². The molecule has 1 aromatic carbocycles. The number of hydrogen-bond acceptors (Lipinski definition) is 3. The lowest BCUT2D eigenvalue weighted by atomic mass is 10.1. The first kappa shape index (κ1) is 11.1. The smallest absolute Gasteiger partial charge is 0.118 e. The highest BCUT2D eigenvalue weighted by molar-refractivity contribution is 5.79. The van der Waals surface area contributed by atoms with Crippen LogP contribution < -0.4 is 4.74 Å². The summed E-state index contributed by atoms with van der Waals surface area (Å²) in [5.74, 6) is 0.873. The van der Waals surface area contributed by atoms with Crippen LogP contribution in [-0.4, -0.2) is 32.6 Å². The minimum atomic E-state index is 0.329. The van der Waals surface area contributed by atoms with Crippen molar-refractivity contribution in [2.75, 3.05) is 20.3 Å². The molecule has 1 aliphatic rings. The van der Waals surface area contributed by atoms with Gasteiger partial charge in [-0.2, -0.15) is 0 Å². The van der Waals surface area contributed by atoms with Crippen molar-refractivity contribution in [3.8, 4) is 5.75 Å². The van der Waals surface area contributed by atoms with Crippen molar-refractivity contribution < 1.29 is 9.47 Å².